The summed E-state index contributed by atoms with van der Waals surface area (Å²) in [7, 11) is 0. The lowest BCUT2D eigenvalue weighted by molar-refractivity contribution is -0.137. The molecule has 0 bridgehead atoms. The molecular weight excluding hydrogens is 419 g/mol. The molecule has 4 rings (SSSR count). The molecule has 8 heteroatoms. The molecule has 0 aliphatic heterocycles. The standard InChI is InChI=1S/C24H18F3N3O2/c1-14(15-6-3-2-4-7-15)29-20-21(23(32)22(20)31)30-18-10-11-28-19(13-18)16-8-5-9-17(12-16)24(25,26)27/h2-14,29H,1H3,(H,28,30)/t14-/m1/s1. The van der Waals surface area contributed by atoms with E-state index >= 15 is 0 Å². The van der Waals surface area contributed by atoms with Gasteiger partial charge in [-0.25, -0.2) is 0 Å². The number of hydrogen-bond acceptors (Lipinski definition) is 5. The van der Waals surface area contributed by atoms with E-state index in [-0.39, 0.29) is 23.0 Å². The fourth-order valence-corrected chi connectivity index (χ4v) is 3.36. The average molecular weight is 437 g/mol. The molecule has 0 aliphatic rings. The molecular formula is C24H18F3N3O2. The second-order valence-corrected chi connectivity index (χ2v) is 7.32. The predicted octanol–water partition coefficient (Wildman–Crippen LogP) is 5.28. The van der Waals surface area contributed by atoms with Crippen LogP contribution in [0.2, 0.25) is 0 Å². The van der Waals surface area contributed by atoms with Crippen molar-refractivity contribution in [2.24, 2.45) is 0 Å². The van der Waals surface area contributed by atoms with Crippen LogP contribution in [0, 0.1) is 0 Å². The second kappa shape index (κ2) is 8.30. The molecule has 0 saturated heterocycles. The highest BCUT2D eigenvalue weighted by atomic mass is 19.4. The number of halogens is 3. The van der Waals surface area contributed by atoms with Crippen LogP contribution in [-0.4, -0.2) is 4.98 Å². The molecule has 1 heterocycles. The molecule has 0 unspecified atom stereocenters. The molecule has 5 nitrogen and oxygen atoms in total. The summed E-state index contributed by atoms with van der Waals surface area (Å²) in [5.41, 5.74) is 0.169. The Hall–Kier alpha value is -3.94. The molecule has 0 saturated carbocycles. The van der Waals surface area contributed by atoms with Gasteiger partial charge >= 0.3 is 6.18 Å². The Morgan fingerprint density at radius 1 is 0.875 bits per heavy atom. The third-order valence-electron chi connectivity index (χ3n) is 5.09. The van der Waals surface area contributed by atoms with Gasteiger partial charge in [-0.2, -0.15) is 13.2 Å². The molecule has 0 radical (unpaired) electrons. The van der Waals surface area contributed by atoms with Crippen molar-refractivity contribution in [3.8, 4) is 11.3 Å². The molecule has 2 N–H and O–H groups in total. The fourth-order valence-electron chi connectivity index (χ4n) is 3.36. The number of nitrogens with one attached hydrogen (secondary N) is 2. The largest absolute Gasteiger partial charge is 0.416 e. The van der Waals surface area contributed by atoms with Crippen LogP contribution >= 0.6 is 0 Å². The van der Waals surface area contributed by atoms with Crippen molar-refractivity contribution in [1.82, 2.24) is 4.98 Å². The SMILES string of the molecule is C[C@@H](Nc1c(Nc2ccnc(-c3cccc(C(F)(F)F)c3)c2)c(=O)c1=O)c1ccccc1. The van der Waals surface area contributed by atoms with E-state index in [9.17, 15) is 22.8 Å². The summed E-state index contributed by atoms with van der Waals surface area (Å²) in [5.74, 6) is 0. The number of aromatic nitrogens is 1. The van der Waals surface area contributed by atoms with E-state index in [1.54, 1.807) is 6.07 Å². The highest BCUT2D eigenvalue weighted by molar-refractivity contribution is 5.80. The monoisotopic (exact) mass is 437 g/mol. The maximum atomic E-state index is 13.0. The number of nitrogens with zero attached hydrogens (tertiary/aromatic N) is 1. The predicted molar refractivity (Wildman–Crippen MR) is 118 cm³/mol. The maximum Gasteiger partial charge on any atom is 0.416 e. The van der Waals surface area contributed by atoms with Crippen molar-refractivity contribution in [3.05, 3.63) is 105 Å². The van der Waals surface area contributed by atoms with Gasteiger partial charge in [-0.05, 0) is 36.8 Å². The van der Waals surface area contributed by atoms with Crippen molar-refractivity contribution in [3.63, 3.8) is 0 Å². The van der Waals surface area contributed by atoms with E-state index in [0.717, 1.165) is 17.7 Å². The van der Waals surface area contributed by atoms with Gasteiger partial charge in [0, 0.05) is 23.5 Å². The van der Waals surface area contributed by atoms with Gasteiger partial charge in [0.2, 0.25) is 0 Å². The minimum atomic E-state index is -4.47. The molecule has 0 spiro atoms. The molecule has 0 amide bonds. The number of pyridine rings is 1. The lowest BCUT2D eigenvalue weighted by Gasteiger charge is -2.20. The summed E-state index contributed by atoms with van der Waals surface area (Å²) >= 11 is 0. The van der Waals surface area contributed by atoms with Gasteiger partial charge in [0.1, 0.15) is 11.4 Å². The van der Waals surface area contributed by atoms with Gasteiger partial charge in [0.25, 0.3) is 10.9 Å². The minimum absolute atomic E-state index is 0.110. The number of rotatable bonds is 6. The summed E-state index contributed by atoms with van der Waals surface area (Å²) in [6.45, 7) is 1.87. The number of benzene rings is 2. The third kappa shape index (κ3) is 4.25. The third-order valence-corrected chi connectivity index (χ3v) is 5.09. The summed E-state index contributed by atoms with van der Waals surface area (Å²) in [6.07, 6.45) is -3.05. The van der Waals surface area contributed by atoms with Crippen LogP contribution in [0.25, 0.3) is 11.3 Å². The van der Waals surface area contributed by atoms with E-state index in [2.05, 4.69) is 15.6 Å². The van der Waals surface area contributed by atoms with Gasteiger partial charge in [-0.1, -0.05) is 42.5 Å². The Labute approximate surface area is 181 Å². The van der Waals surface area contributed by atoms with Crippen molar-refractivity contribution in [2.45, 2.75) is 19.1 Å². The number of hydrogen-bond donors (Lipinski definition) is 2. The molecule has 0 fully saturated rings. The molecule has 4 aromatic rings. The Balaban J connectivity index is 1.59. The van der Waals surface area contributed by atoms with Gasteiger partial charge in [0.15, 0.2) is 0 Å². The fraction of sp³-hybridized carbons (Fsp3) is 0.125. The average Bonchev–Trinajstić information content (AvgIpc) is 2.81. The Bertz CT molecular complexity index is 1330. The van der Waals surface area contributed by atoms with E-state index in [0.29, 0.717) is 11.4 Å². The van der Waals surface area contributed by atoms with Crippen molar-refractivity contribution in [2.75, 3.05) is 10.6 Å². The van der Waals surface area contributed by atoms with Crippen LogP contribution in [0.3, 0.4) is 0 Å². The van der Waals surface area contributed by atoms with Crippen LogP contribution in [0.4, 0.5) is 30.2 Å². The van der Waals surface area contributed by atoms with E-state index in [1.165, 1.54) is 24.4 Å². The van der Waals surface area contributed by atoms with Crippen LogP contribution in [0.5, 0.6) is 0 Å². The normalized spacial score (nSPS) is 12.5. The molecule has 162 valence electrons. The molecule has 0 aliphatic carbocycles. The zero-order valence-electron chi connectivity index (χ0n) is 16.9. The quantitative estimate of drug-likeness (QED) is 0.402. The zero-order chi connectivity index (χ0) is 22.9. The van der Waals surface area contributed by atoms with Gasteiger partial charge in [-0.15, -0.1) is 0 Å². The van der Waals surface area contributed by atoms with E-state index in [1.807, 2.05) is 37.3 Å². The first-order valence-electron chi connectivity index (χ1n) is 9.79. The zero-order valence-corrected chi connectivity index (χ0v) is 16.9. The Morgan fingerprint density at radius 3 is 2.31 bits per heavy atom. The highest BCUT2D eigenvalue weighted by Gasteiger charge is 2.30. The van der Waals surface area contributed by atoms with Gasteiger partial charge in [0.05, 0.1) is 11.3 Å². The van der Waals surface area contributed by atoms with Crippen molar-refractivity contribution >= 4 is 17.1 Å². The topological polar surface area (TPSA) is 71.1 Å². The summed E-state index contributed by atoms with van der Waals surface area (Å²) in [6, 6.07) is 17.2. The highest BCUT2D eigenvalue weighted by Crippen LogP contribution is 2.32. The molecule has 3 aromatic carbocycles. The molecule has 1 atom stereocenters. The molecule has 1 aromatic heterocycles. The second-order valence-electron chi connectivity index (χ2n) is 7.32. The smallest absolute Gasteiger partial charge is 0.373 e. The minimum Gasteiger partial charge on any atom is -0.373 e. The van der Waals surface area contributed by atoms with E-state index in [4.69, 9.17) is 0 Å². The summed E-state index contributed by atoms with van der Waals surface area (Å²) in [4.78, 5) is 28.4. The van der Waals surface area contributed by atoms with Crippen LogP contribution in [-0.2, 0) is 6.18 Å². The lowest BCUT2D eigenvalue weighted by atomic mass is 10.1. The van der Waals surface area contributed by atoms with Crippen LogP contribution in [0.15, 0.2) is 82.5 Å². The number of alkyl halides is 3. The first-order valence-corrected chi connectivity index (χ1v) is 9.79. The first kappa shape index (κ1) is 21.3. The Morgan fingerprint density at radius 2 is 1.59 bits per heavy atom. The van der Waals surface area contributed by atoms with Crippen LogP contribution < -0.4 is 21.5 Å². The first-order chi connectivity index (χ1) is 15.2. The van der Waals surface area contributed by atoms with Gasteiger partial charge in [-0.3, -0.25) is 14.6 Å². The summed E-state index contributed by atoms with van der Waals surface area (Å²) in [5, 5.41) is 5.96. The number of anilines is 3. The van der Waals surface area contributed by atoms with Crippen LogP contribution in [0.1, 0.15) is 24.1 Å². The summed E-state index contributed by atoms with van der Waals surface area (Å²) < 4.78 is 39.1. The van der Waals surface area contributed by atoms with Crippen molar-refractivity contribution in [1.29, 1.82) is 0 Å². The van der Waals surface area contributed by atoms with E-state index < -0.39 is 22.6 Å². The van der Waals surface area contributed by atoms with Crippen molar-refractivity contribution < 1.29 is 13.2 Å². The molecule has 32 heavy (non-hydrogen) atoms. The maximum absolute atomic E-state index is 13.0. The van der Waals surface area contributed by atoms with Gasteiger partial charge < -0.3 is 10.6 Å². The Kier molecular flexibility index (Phi) is 5.52. The lowest BCUT2D eigenvalue weighted by Crippen LogP contribution is -2.37.